The summed E-state index contributed by atoms with van der Waals surface area (Å²) >= 11 is 0. The fraction of sp³-hybridized carbons (Fsp3) is 0.357. The molecular formula is C14H18N2O2. The second-order valence-corrected chi connectivity index (χ2v) is 4.49. The Labute approximate surface area is 107 Å². The normalized spacial score (nSPS) is 12.4. The predicted octanol–water partition coefficient (Wildman–Crippen LogP) is 2.36. The van der Waals surface area contributed by atoms with E-state index in [0.29, 0.717) is 12.4 Å². The van der Waals surface area contributed by atoms with E-state index in [0.717, 1.165) is 16.8 Å². The number of ether oxygens (including phenoxy) is 1. The lowest BCUT2D eigenvalue weighted by molar-refractivity contribution is 0.189. The minimum Gasteiger partial charge on any atom is -0.487 e. The number of nitrogens with zero attached hydrogens (tertiary/aromatic N) is 2. The van der Waals surface area contributed by atoms with Gasteiger partial charge in [-0.25, -0.2) is 0 Å². The van der Waals surface area contributed by atoms with Crippen LogP contribution < -0.4 is 4.74 Å². The highest BCUT2D eigenvalue weighted by molar-refractivity contribution is 5.38. The lowest BCUT2D eigenvalue weighted by Crippen LogP contribution is -2.02. The van der Waals surface area contributed by atoms with Gasteiger partial charge < -0.3 is 9.84 Å². The van der Waals surface area contributed by atoms with Gasteiger partial charge in [0.2, 0.25) is 0 Å². The standard InChI is InChI=1S/C14H18N2O2/c1-10-4-5-14(13(8-10)11(2)17)18-9-12-6-7-16(3)15-12/h4-8,11,17H,9H2,1-3H3. The quantitative estimate of drug-likeness (QED) is 0.900. The summed E-state index contributed by atoms with van der Waals surface area (Å²) in [6.07, 6.45) is 1.34. The Bertz CT molecular complexity index is 532. The number of benzene rings is 1. The molecule has 0 radical (unpaired) electrons. The zero-order valence-corrected chi connectivity index (χ0v) is 10.9. The van der Waals surface area contributed by atoms with Gasteiger partial charge in [0, 0.05) is 18.8 Å². The van der Waals surface area contributed by atoms with Gasteiger partial charge >= 0.3 is 0 Å². The topological polar surface area (TPSA) is 47.3 Å². The Morgan fingerprint density at radius 1 is 1.39 bits per heavy atom. The van der Waals surface area contributed by atoms with Gasteiger partial charge in [0.15, 0.2) is 0 Å². The third-order valence-electron chi connectivity index (χ3n) is 2.76. The van der Waals surface area contributed by atoms with Gasteiger partial charge in [-0.3, -0.25) is 4.68 Å². The molecule has 0 bridgehead atoms. The highest BCUT2D eigenvalue weighted by Gasteiger charge is 2.10. The Morgan fingerprint density at radius 3 is 2.78 bits per heavy atom. The van der Waals surface area contributed by atoms with E-state index >= 15 is 0 Å². The van der Waals surface area contributed by atoms with Crippen LogP contribution in [0.3, 0.4) is 0 Å². The monoisotopic (exact) mass is 246 g/mol. The van der Waals surface area contributed by atoms with E-state index in [1.165, 1.54) is 0 Å². The van der Waals surface area contributed by atoms with Gasteiger partial charge in [0.1, 0.15) is 12.4 Å². The lowest BCUT2D eigenvalue weighted by Gasteiger charge is -2.13. The molecule has 0 aliphatic carbocycles. The number of rotatable bonds is 4. The molecule has 4 nitrogen and oxygen atoms in total. The van der Waals surface area contributed by atoms with Crippen LogP contribution in [0.2, 0.25) is 0 Å². The van der Waals surface area contributed by atoms with Crippen LogP contribution in [0.25, 0.3) is 0 Å². The maximum atomic E-state index is 9.73. The maximum Gasteiger partial charge on any atom is 0.132 e. The first-order valence-electron chi connectivity index (χ1n) is 5.96. The summed E-state index contributed by atoms with van der Waals surface area (Å²) in [6.45, 7) is 4.14. The van der Waals surface area contributed by atoms with Crippen LogP contribution in [0, 0.1) is 6.92 Å². The molecule has 1 aromatic carbocycles. The second-order valence-electron chi connectivity index (χ2n) is 4.49. The molecule has 1 atom stereocenters. The van der Waals surface area contributed by atoms with Gasteiger partial charge in [-0.05, 0) is 32.0 Å². The highest BCUT2D eigenvalue weighted by atomic mass is 16.5. The maximum absolute atomic E-state index is 9.73. The predicted molar refractivity (Wildman–Crippen MR) is 69.4 cm³/mol. The van der Waals surface area contributed by atoms with Crippen molar-refractivity contribution in [2.75, 3.05) is 0 Å². The van der Waals surface area contributed by atoms with Crippen LogP contribution >= 0.6 is 0 Å². The molecule has 96 valence electrons. The van der Waals surface area contributed by atoms with E-state index < -0.39 is 6.10 Å². The van der Waals surface area contributed by atoms with Crippen molar-refractivity contribution < 1.29 is 9.84 Å². The minimum atomic E-state index is -0.538. The van der Waals surface area contributed by atoms with Crippen molar-refractivity contribution >= 4 is 0 Å². The van der Waals surface area contributed by atoms with Crippen LogP contribution in [-0.4, -0.2) is 14.9 Å². The van der Waals surface area contributed by atoms with E-state index in [-0.39, 0.29) is 0 Å². The average molecular weight is 246 g/mol. The molecule has 0 amide bonds. The molecule has 2 aromatic rings. The summed E-state index contributed by atoms with van der Waals surface area (Å²) in [7, 11) is 1.87. The first-order chi connectivity index (χ1) is 8.56. The molecule has 0 saturated carbocycles. The van der Waals surface area contributed by atoms with Crippen LogP contribution in [0.15, 0.2) is 30.5 Å². The molecule has 0 fully saturated rings. The third kappa shape index (κ3) is 2.90. The fourth-order valence-electron chi connectivity index (χ4n) is 1.82. The average Bonchev–Trinajstić information content (AvgIpc) is 2.73. The van der Waals surface area contributed by atoms with E-state index in [4.69, 9.17) is 4.74 Å². The van der Waals surface area contributed by atoms with Gasteiger partial charge in [0.25, 0.3) is 0 Å². The molecule has 0 aliphatic heterocycles. The smallest absolute Gasteiger partial charge is 0.132 e. The summed E-state index contributed by atoms with van der Waals surface area (Å²) in [5.41, 5.74) is 2.79. The largest absolute Gasteiger partial charge is 0.487 e. The van der Waals surface area contributed by atoms with E-state index in [1.807, 2.05) is 44.4 Å². The number of hydrogen-bond acceptors (Lipinski definition) is 3. The summed E-state index contributed by atoms with van der Waals surface area (Å²) in [4.78, 5) is 0. The second kappa shape index (κ2) is 5.23. The highest BCUT2D eigenvalue weighted by Crippen LogP contribution is 2.26. The third-order valence-corrected chi connectivity index (χ3v) is 2.76. The van der Waals surface area contributed by atoms with Crippen LogP contribution in [0.1, 0.15) is 29.8 Å². The van der Waals surface area contributed by atoms with Crippen molar-refractivity contribution in [1.29, 1.82) is 0 Å². The fourth-order valence-corrected chi connectivity index (χ4v) is 1.82. The molecule has 1 aromatic heterocycles. The lowest BCUT2D eigenvalue weighted by atomic mass is 10.1. The van der Waals surface area contributed by atoms with Crippen LogP contribution in [-0.2, 0) is 13.7 Å². The number of aliphatic hydroxyl groups excluding tert-OH is 1. The molecule has 0 aliphatic rings. The van der Waals surface area contributed by atoms with E-state index in [2.05, 4.69) is 5.10 Å². The molecule has 4 heteroatoms. The molecule has 2 rings (SSSR count). The zero-order valence-electron chi connectivity index (χ0n) is 10.9. The summed E-state index contributed by atoms with van der Waals surface area (Å²) in [6, 6.07) is 7.72. The zero-order chi connectivity index (χ0) is 13.1. The van der Waals surface area contributed by atoms with Crippen molar-refractivity contribution in [2.45, 2.75) is 26.6 Å². The van der Waals surface area contributed by atoms with Crippen molar-refractivity contribution in [3.8, 4) is 5.75 Å². The SMILES string of the molecule is Cc1ccc(OCc2ccn(C)n2)c(C(C)O)c1. The Hall–Kier alpha value is -1.81. The molecule has 1 unspecified atom stereocenters. The summed E-state index contributed by atoms with van der Waals surface area (Å²) in [5.74, 6) is 0.709. The number of aliphatic hydroxyl groups is 1. The van der Waals surface area contributed by atoms with Crippen LogP contribution in [0.4, 0.5) is 0 Å². The molecule has 0 spiro atoms. The van der Waals surface area contributed by atoms with Crippen LogP contribution in [0.5, 0.6) is 5.75 Å². The van der Waals surface area contributed by atoms with Crippen molar-refractivity contribution in [3.63, 3.8) is 0 Å². The molecule has 0 saturated heterocycles. The summed E-state index contributed by atoms with van der Waals surface area (Å²) < 4.78 is 7.46. The number of aryl methyl sites for hydroxylation is 2. The van der Waals surface area contributed by atoms with E-state index in [1.54, 1.807) is 11.6 Å². The summed E-state index contributed by atoms with van der Waals surface area (Å²) in [5, 5.41) is 14.0. The van der Waals surface area contributed by atoms with Gasteiger partial charge in [0.05, 0.1) is 11.8 Å². The van der Waals surface area contributed by atoms with Crippen molar-refractivity contribution in [1.82, 2.24) is 9.78 Å². The first kappa shape index (κ1) is 12.6. The number of hydrogen-bond donors (Lipinski definition) is 1. The molecule has 1 N–H and O–H groups in total. The first-order valence-corrected chi connectivity index (χ1v) is 5.96. The van der Waals surface area contributed by atoms with Crippen molar-refractivity contribution in [3.05, 3.63) is 47.3 Å². The van der Waals surface area contributed by atoms with Crippen molar-refractivity contribution in [2.24, 2.45) is 7.05 Å². The Morgan fingerprint density at radius 2 is 2.17 bits per heavy atom. The van der Waals surface area contributed by atoms with Gasteiger partial charge in [-0.15, -0.1) is 0 Å². The van der Waals surface area contributed by atoms with E-state index in [9.17, 15) is 5.11 Å². The van der Waals surface area contributed by atoms with Gasteiger partial charge in [-0.2, -0.15) is 5.10 Å². The molecule has 18 heavy (non-hydrogen) atoms. The minimum absolute atomic E-state index is 0.406. The molecule has 1 heterocycles. The molecular weight excluding hydrogens is 228 g/mol. The number of aromatic nitrogens is 2. The Kier molecular flexibility index (Phi) is 3.67. The van der Waals surface area contributed by atoms with Gasteiger partial charge in [-0.1, -0.05) is 11.6 Å². The Balaban J connectivity index is 2.13.